The Morgan fingerprint density at radius 2 is 1.50 bits per heavy atom. The summed E-state index contributed by atoms with van der Waals surface area (Å²) in [5.74, 6) is -2.93. The van der Waals surface area contributed by atoms with Crippen LogP contribution in [0.4, 0.5) is 13.2 Å². The highest BCUT2D eigenvalue weighted by Gasteiger charge is 2.43. The van der Waals surface area contributed by atoms with Gasteiger partial charge in [0.2, 0.25) is 0 Å². The number of hydrogen-bond acceptors (Lipinski definition) is 0. The molecule has 1 aliphatic rings. The summed E-state index contributed by atoms with van der Waals surface area (Å²) in [6.45, 7) is 9.81. The fourth-order valence-corrected chi connectivity index (χ4v) is 1.24. The zero-order valence-corrected chi connectivity index (χ0v) is 9.91. The molecule has 1 aliphatic carbocycles. The molecule has 2 atom stereocenters. The first-order valence-electron chi connectivity index (χ1n) is 5.54. The summed E-state index contributed by atoms with van der Waals surface area (Å²) in [7, 11) is 0. The van der Waals surface area contributed by atoms with Crippen LogP contribution in [0.1, 0.15) is 53.9 Å². The van der Waals surface area contributed by atoms with Gasteiger partial charge in [-0.05, 0) is 18.8 Å². The molecule has 3 heteroatoms. The van der Waals surface area contributed by atoms with E-state index < -0.39 is 12.1 Å². The number of hydrogen-bond donors (Lipinski definition) is 0. The number of rotatable bonds is 0. The summed E-state index contributed by atoms with van der Waals surface area (Å²) in [6.07, 6.45) is -1.72. The van der Waals surface area contributed by atoms with Crippen LogP contribution in [-0.2, 0) is 0 Å². The van der Waals surface area contributed by atoms with Crippen molar-refractivity contribution in [3.63, 3.8) is 0 Å². The Kier molecular flexibility index (Phi) is 9.42. The van der Waals surface area contributed by atoms with Crippen molar-refractivity contribution in [3.8, 4) is 0 Å². The van der Waals surface area contributed by atoms with E-state index in [4.69, 9.17) is 0 Å². The van der Waals surface area contributed by atoms with Crippen LogP contribution in [0, 0.1) is 5.92 Å². The average Bonchev–Trinajstić information content (AvgIpc) is 2.19. The molecule has 0 aliphatic heterocycles. The third kappa shape index (κ3) is 5.51. The number of alkyl halides is 3. The zero-order chi connectivity index (χ0) is 11.8. The van der Waals surface area contributed by atoms with E-state index >= 15 is 0 Å². The van der Waals surface area contributed by atoms with E-state index in [9.17, 15) is 13.2 Å². The third-order valence-electron chi connectivity index (χ3n) is 2.04. The lowest BCUT2D eigenvalue weighted by atomic mass is 9.87. The molecule has 0 nitrogen and oxygen atoms in total. The monoisotopic (exact) mass is 212 g/mol. The van der Waals surface area contributed by atoms with E-state index in [1.54, 1.807) is 0 Å². The van der Waals surface area contributed by atoms with Gasteiger partial charge in [-0.25, -0.2) is 13.2 Å². The molecule has 0 amide bonds. The van der Waals surface area contributed by atoms with Crippen molar-refractivity contribution in [1.82, 2.24) is 0 Å². The van der Waals surface area contributed by atoms with Crippen LogP contribution in [0.25, 0.3) is 0 Å². The van der Waals surface area contributed by atoms with E-state index in [0.717, 1.165) is 0 Å². The molecule has 1 fully saturated rings. The van der Waals surface area contributed by atoms with E-state index in [0.29, 0.717) is 6.42 Å². The molecule has 0 heterocycles. The van der Waals surface area contributed by atoms with Crippen molar-refractivity contribution in [3.05, 3.63) is 0 Å². The predicted octanol–water partition coefficient (Wildman–Crippen LogP) is 4.83. The molecular weight excluding hydrogens is 189 g/mol. The fraction of sp³-hybridized carbons (Fsp3) is 1.00. The maximum Gasteiger partial charge on any atom is 0.278 e. The summed E-state index contributed by atoms with van der Waals surface area (Å²) >= 11 is 0. The summed E-state index contributed by atoms with van der Waals surface area (Å²) in [6, 6.07) is 0. The molecule has 1 saturated carbocycles. The first-order valence-corrected chi connectivity index (χ1v) is 5.54. The minimum absolute atomic E-state index is 0.0208. The molecule has 88 valence electrons. The Bertz CT molecular complexity index is 124. The summed E-state index contributed by atoms with van der Waals surface area (Å²) in [4.78, 5) is 0. The molecule has 0 spiro atoms. The molecule has 0 aromatic carbocycles. The smallest absolute Gasteiger partial charge is 0.241 e. The first-order chi connectivity index (χ1) is 6.52. The molecule has 1 rings (SSSR count). The van der Waals surface area contributed by atoms with Gasteiger partial charge < -0.3 is 0 Å². The highest BCUT2D eigenvalue weighted by molar-refractivity contribution is 4.84. The molecule has 0 aromatic rings. The minimum atomic E-state index is -3.05. The van der Waals surface area contributed by atoms with E-state index in [1.165, 1.54) is 0 Å². The molecular formula is C11H23F3. The highest BCUT2D eigenvalue weighted by Crippen LogP contribution is 2.37. The lowest BCUT2D eigenvalue weighted by Crippen LogP contribution is -2.36. The topological polar surface area (TPSA) is 0 Å². The van der Waals surface area contributed by atoms with E-state index in [-0.39, 0.29) is 18.8 Å². The Hall–Kier alpha value is -0.210. The van der Waals surface area contributed by atoms with Gasteiger partial charge in [-0.15, -0.1) is 0 Å². The largest absolute Gasteiger partial charge is 0.278 e. The van der Waals surface area contributed by atoms with Crippen LogP contribution >= 0.6 is 0 Å². The molecule has 0 N–H and O–H groups in total. The normalized spacial score (nSPS) is 29.1. The van der Waals surface area contributed by atoms with Crippen molar-refractivity contribution in [2.75, 3.05) is 0 Å². The predicted molar refractivity (Wildman–Crippen MR) is 55.6 cm³/mol. The highest BCUT2D eigenvalue weighted by atomic mass is 19.3. The van der Waals surface area contributed by atoms with Gasteiger partial charge in [0.1, 0.15) is 0 Å². The van der Waals surface area contributed by atoms with E-state index in [1.807, 2.05) is 34.6 Å². The minimum Gasteiger partial charge on any atom is -0.241 e. The van der Waals surface area contributed by atoms with Gasteiger partial charge in [0, 0.05) is 6.42 Å². The maximum absolute atomic E-state index is 12.5. The van der Waals surface area contributed by atoms with Crippen LogP contribution < -0.4 is 0 Å². The molecule has 0 saturated heterocycles. The summed E-state index contributed by atoms with van der Waals surface area (Å²) in [5, 5.41) is 0. The molecule has 0 radical (unpaired) electrons. The van der Waals surface area contributed by atoms with Gasteiger partial charge in [-0.2, -0.15) is 0 Å². The Labute approximate surface area is 85.9 Å². The Morgan fingerprint density at radius 1 is 1.07 bits per heavy atom. The van der Waals surface area contributed by atoms with Crippen molar-refractivity contribution in [1.29, 1.82) is 0 Å². The van der Waals surface area contributed by atoms with Crippen LogP contribution in [0.2, 0.25) is 0 Å². The zero-order valence-electron chi connectivity index (χ0n) is 9.91. The van der Waals surface area contributed by atoms with Crippen molar-refractivity contribution in [2.45, 2.75) is 66.0 Å². The lowest BCUT2D eigenvalue weighted by molar-refractivity contribution is -0.107. The van der Waals surface area contributed by atoms with Crippen LogP contribution in [-0.4, -0.2) is 12.1 Å². The number of halogens is 3. The molecule has 0 bridgehead atoms. The Balaban J connectivity index is 0. The van der Waals surface area contributed by atoms with Gasteiger partial charge in [0.25, 0.3) is 5.92 Å². The maximum atomic E-state index is 12.5. The van der Waals surface area contributed by atoms with Gasteiger partial charge in [-0.1, -0.05) is 34.6 Å². The second kappa shape index (κ2) is 8.13. The molecule has 0 aromatic heterocycles. The lowest BCUT2D eigenvalue weighted by Gasteiger charge is -2.29. The van der Waals surface area contributed by atoms with Gasteiger partial charge in [0.15, 0.2) is 6.17 Å². The Morgan fingerprint density at radius 3 is 1.79 bits per heavy atom. The van der Waals surface area contributed by atoms with Crippen molar-refractivity contribution < 1.29 is 13.2 Å². The van der Waals surface area contributed by atoms with Gasteiger partial charge in [0.05, 0.1) is 0 Å². The van der Waals surface area contributed by atoms with Crippen LogP contribution in [0.15, 0.2) is 0 Å². The van der Waals surface area contributed by atoms with Crippen molar-refractivity contribution >= 4 is 0 Å². The fourth-order valence-electron chi connectivity index (χ4n) is 1.24. The summed E-state index contributed by atoms with van der Waals surface area (Å²) in [5.41, 5.74) is 0. The SMILES string of the molecule is CC.CC.CC1CCC(F)(F)C(F)C1. The van der Waals surface area contributed by atoms with Crippen molar-refractivity contribution in [2.24, 2.45) is 5.92 Å². The van der Waals surface area contributed by atoms with Gasteiger partial charge >= 0.3 is 0 Å². The second-order valence-corrected chi connectivity index (χ2v) is 3.11. The molecule has 14 heavy (non-hydrogen) atoms. The second-order valence-electron chi connectivity index (χ2n) is 3.11. The van der Waals surface area contributed by atoms with Gasteiger partial charge in [-0.3, -0.25) is 0 Å². The quantitative estimate of drug-likeness (QED) is 0.539. The van der Waals surface area contributed by atoms with E-state index in [2.05, 4.69) is 0 Å². The third-order valence-corrected chi connectivity index (χ3v) is 2.04. The first kappa shape index (κ1) is 16.2. The molecule has 2 unspecified atom stereocenters. The average molecular weight is 212 g/mol. The van der Waals surface area contributed by atoms with Crippen LogP contribution in [0.3, 0.4) is 0 Å². The standard InChI is InChI=1S/C7H11F3.2C2H6/c1-5-2-3-7(9,10)6(8)4-5;2*1-2/h5-6H,2-4H2,1H3;2*1-2H3. The van der Waals surface area contributed by atoms with Crippen LogP contribution in [0.5, 0.6) is 0 Å². The summed E-state index contributed by atoms with van der Waals surface area (Å²) < 4.78 is 37.3.